The van der Waals surface area contributed by atoms with E-state index in [4.69, 9.17) is 0 Å². The molecule has 0 bridgehead atoms. The number of nitrogens with zero attached hydrogens (tertiary/aromatic N) is 3. The van der Waals surface area contributed by atoms with Crippen LogP contribution in [0, 0.1) is 5.41 Å². The minimum Gasteiger partial charge on any atom is -0.345 e. The van der Waals surface area contributed by atoms with Gasteiger partial charge in [-0.05, 0) is 24.3 Å². The molecule has 28 heavy (non-hydrogen) atoms. The fourth-order valence-corrected chi connectivity index (χ4v) is 4.88. The van der Waals surface area contributed by atoms with Crippen molar-refractivity contribution in [2.45, 2.75) is 51.1 Å². The van der Waals surface area contributed by atoms with E-state index in [2.05, 4.69) is 0 Å². The molecule has 160 valence electrons. The number of hydrogen-bond donors (Lipinski definition) is 0. The second kappa shape index (κ2) is 8.06. The number of hydrogen-bond acceptors (Lipinski definition) is 3. The number of aryl methyl sites for hydroxylation is 1. The quantitative estimate of drug-likeness (QED) is 0.730. The van der Waals surface area contributed by atoms with Crippen molar-refractivity contribution in [3.8, 4) is 0 Å². The van der Waals surface area contributed by atoms with Gasteiger partial charge in [0, 0.05) is 32.9 Å². The molecule has 0 N–H and O–H groups in total. The molecule has 0 aliphatic carbocycles. The fraction of sp³-hybridized carbons (Fsp3) is 0.722. The average Bonchev–Trinajstić information content (AvgIpc) is 2.94. The number of amides is 1. The summed E-state index contributed by atoms with van der Waals surface area (Å²) in [5, 5.41) is 0. The van der Waals surface area contributed by atoms with Crippen LogP contribution in [-0.4, -0.2) is 60.5 Å². The summed E-state index contributed by atoms with van der Waals surface area (Å²) in [7, 11) is -2.31. The molecule has 0 spiro atoms. The first-order valence-electron chi connectivity index (χ1n) is 9.23. The van der Waals surface area contributed by atoms with E-state index in [9.17, 15) is 26.4 Å². The topological polar surface area (TPSA) is 62.6 Å². The van der Waals surface area contributed by atoms with Crippen molar-refractivity contribution in [3.05, 3.63) is 18.0 Å². The van der Waals surface area contributed by atoms with E-state index in [1.807, 2.05) is 0 Å². The van der Waals surface area contributed by atoms with Crippen molar-refractivity contribution in [3.63, 3.8) is 0 Å². The molecule has 1 aliphatic rings. The van der Waals surface area contributed by atoms with E-state index in [1.165, 1.54) is 28.2 Å². The summed E-state index contributed by atoms with van der Waals surface area (Å²) in [4.78, 5) is 13.5. The van der Waals surface area contributed by atoms with Crippen molar-refractivity contribution in [1.82, 2.24) is 13.8 Å². The number of halogens is 3. The van der Waals surface area contributed by atoms with Crippen LogP contribution in [0.25, 0.3) is 0 Å². The molecule has 2 rings (SSSR count). The largest absolute Gasteiger partial charge is 0.406 e. The van der Waals surface area contributed by atoms with Gasteiger partial charge < -0.3 is 9.47 Å². The van der Waals surface area contributed by atoms with Gasteiger partial charge in [-0.1, -0.05) is 27.2 Å². The highest BCUT2D eigenvalue weighted by molar-refractivity contribution is 7.89. The molecule has 1 fully saturated rings. The van der Waals surface area contributed by atoms with Gasteiger partial charge in [0.05, 0.1) is 0 Å². The lowest BCUT2D eigenvalue weighted by atomic mass is 9.96. The third-order valence-electron chi connectivity index (χ3n) is 4.47. The summed E-state index contributed by atoms with van der Waals surface area (Å²) in [6.07, 6.45) is -0.760. The minimum absolute atomic E-state index is 0.0667. The number of carbonyl (C=O) groups excluding carboxylic acids is 1. The Morgan fingerprint density at radius 1 is 1.11 bits per heavy atom. The predicted molar refractivity (Wildman–Crippen MR) is 99.4 cm³/mol. The van der Waals surface area contributed by atoms with E-state index in [0.29, 0.717) is 13.1 Å². The first-order valence-corrected chi connectivity index (χ1v) is 10.7. The van der Waals surface area contributed by atoms with E-state index in [0.717, 1.165) is 24.2 Å². The molecule has 10 heteroatoms. The van der Waals surface area contributed by atoms with E-state index < -0.39 is 34.1 Å². The molecule has 1 saturated heterocycles. The van der Waals surface area contributed by atoms with Crippen LogP contribution in [-0.2, 0) is 17.1 Å². The van der Waals surface area contributed by atoms with Crippen molar-refractivity contribution >= 4 is 15.9 Å². The van der Waals surface area contributed by atoms with Gasteiger partial charge in [-0.2, -0.15) is 17.5 Å². The van der Waals surface area contributed by atoms with Gasteiger partial charge in [0.25, 0.3) is 5.91 Å². The van der Waals surface area contributed by atoms with Gasteiger partial charge in [-0.3, -0.25) is 4.79 Å². The molecular formula is C18H28F3N3O3S. The molecule has 0 unspecified atom stereocenters. The zero-order chi connectivity index (χ0) is 21.3. The molecular weight excluding hydrogens is 395 g/mol. The van der Waals surface area contributed by atoms with Crippen molar-refractivity contribution in [1.29, 1.82) is 0 Å². The first-order chi connectivity index (χ1) is 12.7. The molecule has 1 aromatic rings. The average molecular weight is 424 g/mol. The first kappa shape index (κ1) is 22.7. The Morgan fingerprint density at radius 2 is 1.68 bits per heavy atom. The molecule has 1 aliphatic heterocycles. The van der Waals surface area contributed by atoms with Crippen molar-refractivity contribution in [2.75, 3.05) is 26.2 Å². The SMILES string of the molecule is Cn1cc(S(=O)(=O)N2CCCCC2)cc1C(=O)N(CC(C)(C)C)CC(F)(F)F. The van der Waals surface area contributed by atoms with Crippen LogP contribution in [0.15, 0.2) is 17.2 Å². The molecule has 6 nitrogen and oxygen atoms in total. The van der Waals surface area contributed by atoms with Crippen LogP contribution in [0.1, 0.15) is 50.5 Å². The van der Waals surface area contributed by atoms with Crippen LogP contribution < -0.4 is 0 Å². The second-order valence-corrected chi connectivity index (χ2v) is 10.4. The van der Waals surface area contributed by atoms with Gasteiger partial charge in [0.15, 0.2) is 0 Å². The number of carbonyl (C=O) groups is 1. The lowest BCUT2D eigenvalue weighted by Crippen LogP contribution is -2.44. The van der Waals surface area contributed by atoms with Gasteiger partial charge in [0.2, 0.25) is 10.0 Å². The molecule has 0 saturated carbocycles. The maximum atomic E-state index is 13.0. The van der Waals surface area contributed by atoms with E-state index in [1.54, 1.807) is 20.8 Å². The van der Waals surface area contributed by atoms with E-state index >= 15 is 0 Å². The van der Waals surface area contributed by atoms with Crippen molar-refractivity contribution < 1.29 is 26.4 Å². The maximum Gasteiger partial charge on any atom is 0.406 e. The third kappa shape index (κ3) is 5.73. The van der Waals surface area contributed by atoms with Gasteiger partial charge in [-0.25, -0.2) is 8.42 Å². The van der Waals surface area contributed by atoms with Gasteiger partial charge >= 0.3 is 6.18 Å². The highest BCUT2D eigenvalue weighted by Gasteiger charge is 2.36. The summed E-state index contributed by atoms with van der Waals surface area (Å²) in [5.41, 5.74) is -0.626. The summed E-state index contributed by atoms with van der Waals surface area (Å²) in [5.74, 6) is -0.838. The molecule has 0 aromatic carbocycles. The molecule has 1 aromatic heterocycles. The third-order valence-corrected chi connectivity index (χ3v) is 6.34. The lowest BCUT2D eigenvalue weighted by molar-refractivity contribution is -0.142. The zero-order valence-electron chi connectivity index (χ0n) is 16.7. The summed E-state index contributed by atoms with van der Waals surface area (Å²) in [6.45, 7) is 4.53. The highest BCUT2D eigenvalue weighted by atomic mass is 32.2. The maximum absolute atomic E-state index is 13.0. The molecule has 1 amide bonds. The standard InChI is InChI=1S/C18H28F3N3O3S/c1-17(2,3)12-23(13-18(19,20)21)16(25)15-10-14(11-22(15)4)28(26,27)24-8-6-5-7-9-24/h10-11H,5-9,12-13H2,1-4H3. The molecule has 2 heterocycles. The number of rotatable bonds is 5. The second-order valence-electron chi connectivity index (χ2n) is 8.47. The summed E-state index contributed by atoms with van der Waals surface area (Å²) in [6, 6.07) is 1.18. The monoisotopic (exact) mass is 423 g/mol. The smallest absolute Gasteiger partial charge is 0.345 e. The number of piperidine rings is 1. The number of alkyl halides is 3. The molecule has 0 radical (unpaired) electrons. The van der Waals surface area contributed by atoms with Crippen LogP contribution in [0.2, 0.25) is 0 Å². The predicted octanol–water partition coefficient (Wildman–Crippen LogP) is 3.25. The zero-order valence-corrected chi connectivity index (χ0v) is 17.5. The van der Waals surface area contributed by atoms with Crippen LogP contribution in [0.3, 0.4) is 0 Å². The highest BCUT2D eigenvalue weighted by Crippen LogP contribution is 2.26. The minimum atomic E-state index is -4.55. The van der Waals surface area contributed by atoms with Crippen LogP contribution in [0.4, 0.5) is 13.2 Å². The summed E-state index contributed by atoms with van der Waals surface area (Å²) < 4.78 is 67.2. The Labute approximate surface area is 164 Å². The Kier molecular flexibility index (Phi) is 6.54. The normalized spacial score (nSPS) is 17.0. The number of sulfonamides is 1. The molecule has 0 atom stereocenters. The van der Waals surface area contributed by atoms with Crippen molar-refractivity contribution in [2.24, 2.45) is 12.5 Å². The Morgan fingerprint density at radius 3 is 2.18 bits per heavy atom. The summed E-state index contributed by atoms with van der Waals surface area (Å²) >= 11 is 0. The van der Waals surface area contributed by atoms with Crippen LogP contribution in [0.5, 0.6) is 0 Å². The van der Waals surface area contributed by atoms with Crippen LogP contribution >= 0.6 is 0 Å². The van der Waals surface area contributed by atoms with Gasteiger partial charge in [-0.15, -0.1) is 0 Å². The Bertz CT molecular complexity index is 788. The Balaban J connectivity index is 2.34. The Hall–Kier alpha value is -1.55. The number of aromatic nitrogens is 1. The fourth-order valence-electron chi connectivity index (χ4n) is 3.29. The van der Waals surface area contributed by atoms with Gasteiger partial charge in [0.1, 0.15) is 17.1 Å². The lowest BCUT2D eigenvalue weighted by Gasteiger charge is -2.30. The van der Waals surface area contributed by atoms with E-state index in [-0.39, 0.29) is 17.1 Å².